The molecule has 0 bridgehead atoms. The lowest BCUT2D eigenvalue weighted by atomic mass is 9.71. The third-order valence-corrected chi connectivity index (χ3v) is 12.1. The SMILES string of the molecule is C1=CCNC(C2(c3ccccn3)c3ccccc3-c3c2ccc2c3c3ncccc3n2-c2ccc(-c3ccc(-n4c5ccccc5c5ccccc54)cc3)cc2)=C1. The fourth-order valence-corrected chi connectivity index (χ4v) is 9.77. The number of aromatic nitrogens is 4. The van der Waals surface area contributed by atoms with Crippen LogP contribution in [0, 0.1) is 0 Å². The number of nitrogens with one attached hydrogen (secondary N) is 1. The monoisotopic (exact) mass is 729 g/mol. The summed E-state index contributed by atoms with van der Waals surface area (Å²) in [6.45, 7) is 0.767. The third-order valence-electron chi connectivity index (χ3n) is 12.1. The highest BCUT2D eigenvalue weighted by Gasteiger charge is 2.49. The van der Waals surface area contributed by atoms with E-state index in [-0.39, 0.29) is 0 Å². The van der Waals surface area contributed by atoms with Gasteiger partial charge < -0.3 is 14.5 Å². The van der Waals surface area contributed by atoms with Crippen molar-refractivity contribution in [2.24, 2.45) is 0 Å². The predicted octanol–water partition coefficient (Wildman–Crippen LogP) is 11.7. The number of rotatable bonds is 5. The molecule has 5 heterocycles. The van der Waals surface area contributed by atoms with Crippen LogP contribution in [0.2, 0.25) is 0 Å². The minimum absolute atomic E-state index is 0.603. The van der Waals surface area contributed by atoms with E-state index in [0.29, 0.717) is 0 Å². The zero-order chi connectivity index (χ0) is 37.5. The van der Waals surface area contributed by atoms with Gasteiger partial charge in [0.25, 0.3) is 0 Å². The van der Waals surface area contributed by atoms with Crippen LogP contribution in [0.15, 0.2) is 200 Å². The van der Waals surface area contributed by atoms with Gasteiger partial charge in [-0.25, -0.2) is 0 Å². The van der Waals surface area contributed by atoms with E-state index in [4.69, 9.17) is 9.97 Å². The van der Waals surface area contributed by atoms with E-state index in [1.807, 2.05) is 24.5 Å². The van der Waals surface area contributed by atoms with E-state index in [1.54, 1.807) is 0 Å². The molecule has 1 aliphatic carbocycles. The van der Waals surface area contributed by atoms with Crippen molar-refractivity contribution >= 4 is 43.7 Å². The van der Waals surface area contributed by atoms with Gasteiger partial charge in [0.1, 0.15) is 5.41 Å². The molecule has 1 atom stereocenters. The maximum absolute atomic E-state index is 5.09. The van der Waals surface area contributed by atoms with Gasteiger partial charge in [0.05, 0.1) is 33.3 Å². The highest BCUT2D eigenvalue weighted by atomic mass is 15.0. The molecule has 0 amide bonds. The van der Waals surface area contributed by atoms with Crippen molar-refractivity contribution in [3.8, 4) is 33.6 Å². The van der Waals surface area contributed by atoms with Gasteiger partial charge in [-0.3, -0.25) is 9.97 Å². The number of pyridine rings is 2. The second-order valence-corrected chi connectivity index (χ2v) is 15.0. The van der Waals surface area contributed by atoms with Crippen LogP contribution in [0.1, 0.15) is 16.8 Å². The lowest BCUT2D eigenvalue weighted by molar-refractivity contribution is 0.642. The average molecular weight is 730 g/mol. The molecule has 268 valence electrons. The molecule has 0 radical (unpaired) electrons. The summed E-state index contributed by atoms with van der Waals surface area (Å²) in [7, 11) is 0. The Bertz CT molecular complexity index is 3220. The Kier molecular flexibility index (Phi) is 6.84. The molecule has 10 aromatic rings. The number of para-hydroxylation sites is 2. The Morgan fingerprint density at radius 3 is 1.82 bits per heavy atom. The summed E-state index contributed by atoms with van der Waals surface area (Å²) in [6, 6.07) is 59.2. The number of hydrogen-bond donors (Lipinski definition) is 1. The van der Waals surface area contributed by atoms with Gasteiger partial charge in [0.2, 0.25) is 0 Å². The summed E-state index contributed by atoms with van der Waals surface area (Å²) in [4.78, 5) is 10.1. The van der Waals surface area contributed by atoms with Crippen molar-refractivity contribution in [3.05, 3.63) is 217 Å². The van der Waals surface area contributed by atoms with Crippen LogP contribution < -0.4 is 5.32 Å². The standard InChI is InChI=1S/C52H35N5/c1-4-15-41-40(14-1)49-42(52(41,47-19-7-9-31-53-47)48-20-8-10-32-54-48)29-30-45-50(49)51-46(18-11-33-55-51)57(45)37-27-23-35(24-28-37)34-21-25-36(26-22-34)56-43-16-5-2-12-38(43)39-13-3-6-17-44(39)56/h1-31,33,54H,32H2. The minimum atomic E-state index is -0.603. The minimum Gasteiger partial charge on any atom is -0.384 e. The molecule has 6 aromatic carbocycles. The summed E-state index contributed by atoms with van der Waals surface area (Å²) < 4.78 is 4.74. The van der Waals surface area contributed by atoms with Crippen molar-refractivity contribution in [1.29, 1.82) is 0 Å². The van der Waals surface area contributed by atoms with Crippen molar-refractivity contribution in [1.82, 2.24) is 24.4 Å². The van der Waals surface area contributed by atoms with Crippen LogP contribution in [0.25, 0.3) is 77.4 Å². The molecule has 1 unspecified atom stereocenters. The Morgan fingerprint density at radius 1 is 0.509 bits per heavy atom. The second kappa shape index (κ2) is 12.3. The predicted molar refractivity (Wildman–Crippen MR) is 233 cm³/mol. The van der Waals surface area contributed by atoms with Gasteiger partial charge in [0, 0.05) is 52.2 Å². The summed E-state index contributed by atoms with van der Waals surface area (Å²) >= 11 is 0. The van der Waals surface area contributed by atoms with Crippen LogP contribution in [0.4, 0.5) is 0 Å². The average Bonchev–Trinajstić information content (AvgIpc) is 3.92. The number of fused-ring (bicyclic) bond motifs is 10. The van der Waals surface area contributed by atoms with Crippen molar-refractivity contribution in [2.75, 3.05) is 6.54 Å². The molecule has 0 saturated carbocycles. The highest BCUT2D eigenvalue weighted by Crippen LogP contribution is 2.58. The Labute approximate surface area is 329 Å². The summed E-state index contributed by atoms with van der Waals surface area (Å²) in [5, 5.41) is 7.45. The molecule has 0 fully saturated rings. The lowest BCUT2D eigenvalue weighted by Crippen LogP contribution is -2.38. The quantitative estimate of drug-likeness (QED) is 0.192. The fourth-order valence-electron chi connectivity index (χ4n) is 9.77. The van der Waals surface area contributed by atoms with Crippen LogP contribution in [-0.4, -0.2) is 25.6 Å². The van der Waals surface area contributed by atoms with E-state index in [0.717, 1.165) is 51.2 Å². The first kappa shape index (κ1) is 31.8. The van der Waals surface area contributed by atoms with Crippen molar-refractivity contribution < 1.29 is 0 Å². The zero-order valence-electron chi connectivity index (χ0n) is 31.0. The first-order valence-corrected chi connectivity index (χ1v) is 19.6. The third kappa shape index (κ3) is 4.45. The van der Waals surface area contributed by atoms with E-state index < -0.39 is 5.41 Å². The lowest BCUT2D eigenvalue weighted by Gasteiger charge is -2.35. The van der Waals surface area contributed by atoms with Crippen LogP contribution in [0.3, 0.4) is 0 Å². The first-order chi connectivity index (χ1) is 28.3. The van der Waals surface area contributed by atoms with Gasteiger partial charge in [-0.15, -0.1) is 0 Å². The molecule has 2 aliphatic rings. The maximum Gasteiger partial charge on any atom is 0.103 e. The molecule has 1 aliphatic heterocycles. The molecule has 1 N–H and O–H groups in total. The zero-order valence-corrected chi connectivity index (χ0v) is 31.0. The first-order valence-electron chi connectivity index (χ1n) is 19.6. The van der Waals surface area contributed by atoms with Crippen molar-refractivity contribution in [2.45, 2.75) is 5.41 Å². The number of benzene rings is 6. The summed E-state index contributed by atoms with van der Waals surface area (Å²) in [5.74, 6) is 0. The summed E-state index contributed by atoms with van der Waals surface area (Å²) in [6.07, 6.45) is 10.4. The molecular weight excluding hydrogens is 695 g/mol. The molecule has 12 rings (SSSR count). The van der Waals surface area contributed by atoms with Crippen molar-refractivity contribution in [3.63, 3.8) is 0 Å². The molecule has 57 heavy (non-hydrogen) atoms. The van der Waals surface area contributed by atoms with Crippen LogP contribution >= 0.6 is 0 Å². The fraction of sp³-hybridized carbons (Fsp3) is 0.0385. The Hall–Kier alpha value is -7.50. The van der Waals surface area contributed by atoms with E-state index >= 15 is 0 Å². The molecule has 0 spiro atoms. The highest BCUT2D eigenvalue weighted by molar-refractivity contribution is 6.17. The number of nitrogens with zero attached hydrogens (tertiary/aromatic N) is 4. The van der Waals surface area contributed by atoms with Gasteiger partial charge >= 0.3 is 0 Å². The molecule has 5 heteroatoms. The molecular formula is C52H35N5. The molecule has 0 saturated heterocycles. The van der Waals surface area contributed by atoms with Gasteiger partial charge in [0.15, 0.2) is 0 Å². The Morgan fingerprint density at radius 2 is 1.14 bits per heavy atom. The van der Waals surface area contributed by atoms with E-state index in [1.165, 1.54) is 55.2 Å². The summed E-state index contributed by atoms with van der Waals surface area (Å²) in [5.41, 5.74) is 16.6. The second-order valence-electron chi connectivity index (χ2n) is 15.0. The van der Waals surface area contributed by atoms with Gasteiger partial charge in [-0.05, 0) is 106 Å². The maximum atomic E-state index is 5.09. The normalized spacial score (nSPS) is 15.9. The van der Waals surface area contributed by atoms with E-state index in [2.05, 4.69) is 184 Å². The Balaban J connectivity index is 1.00. The molecule has 4 aromatic heterocycles. The smallest absolute Gasteiger partial charge is 0.103 e. The van der Waals surface area contributed by atoms with Crippen LogP contribution in [-0.2, 0) is 5.41 Å². The topological polar surface area (TPSA) is 47.7 Å². The van der Waals surface area contributed by atoms with Crippen LogP contribution in [0.5, 0.6) is 0 Å². The largest absolute Gasteiger partial charge is 0.384 e. The number of dihydropyridines is 1. The van der Waals surface area contributed by atoms with E-state index in [9.17, 15) is 0 Å². The number of hydrogen-bond acceptors (Lipinski definition) is 3. The molecule has 5 nitrogen and oxygen atoms in total. The van der Waals surface area contributed by atoms with Gasteiger partial charge in [-0.2, -0.15) is 0 Å². The number of allylic oxidation sites excluding steroid dienone is 3. The van der Waals surface area contributed by atoms with Gasteiger partial charge in [-0.1, -0.05) is 109 Å².